The summed E-state index contributed by atoms with van der Waals surface area (Å²) in [5, 5.41) is 0. The second-order valence-corrected chi connectivity index (χ2v) is 6.35. The summed E-state index contributed by atoms with van der Waals surface area (Å²) in [6.07, 6.45) is 4.16. The van der Waals surface area contributed by atoms with E-state index in [9.17, 15) is 0 Å². The van der Waals surface area contributed by atoms with Crippen LogP contribution in [-0.2, 0) is 0 Å². The van der Waals surface area contributed by atoms with Crippen molar-refractivity contribution >= 4 is 8.58 Å². The number of hydrogen-bond donors (Lipinski definition) is 0. The maximum absolute atomic E-state index is 2.39. The van der Waals surface area contributed by atoms with Crippen molar-refractivity contribution in [1.82, 2.24) is 0 Å². The van der Waals surface area contributed by atoms with Crippen LogP contribution in [0.15, 0.2) is 0 Å². The minimum atomic E-state index is 0.881. The van der Waals surface area contributed by atoms with Crippen molar-refractivity contribution in [2.45, 2.75) is 65.2 Å². The summed E-state index contributed by atoms with van der Waals surface area (Å²) in [5.74, 6) is 0.881. The van der Waals surface area contributed by atoms with Gasteiger partial charge >= 0.3 is 0 Å². The third-order valence-corrected chi connectivity index (χ3v) is 4.47. The largest absolute Gasteiger partial charge is 0.116 e. The Labute approximate surface area is 80.3 Å². The van der Waals surface area contributed by atoms with Crippen molar-refractivity contribution in [3.05, 3.63) is 0 Å². The van der Waals surface area contributed by atoms with Crippen LogP contribution in [-0.4, -0.2) is 11.3 Å². The second-order valence-electron chi connectivity index (χ2n) is 4.21. The Morgan fingerprint density at radius 1 is 1.00 bits per heavy atom. The smallest absolute Gasteiger partial charge is 0.0234 e. The molecule has 0 rings (SSSR count). The van der Waals surface area contributed by atoms with Gasteiger partial charge in [-0.2, -0.15) is 0 Å². The van der Waals surface area contributed by atoms with Gasteiger partial charge < -0.3 is 0 Å². The molecule has 0 spiro atoms. The van der Waals surface area contributed by atoms with E-state index in [0.717, 1.165) is 17.2 Å². The van der Waals surface area contributed by atoms with E-state index in [-0.39, 0.29) is 0 Å². The molecule has 0 N–H and O–H groups in total. The van der Waals surface area contributed by atoms with Gasteiger partial charge in [0.15, 0.2) is 0 Å². The normalized spacial score (nSPS) is 17.5. The number of hydrogen-bond acceptors (Lipinski definition) is 0. The average Bonchev–Trinajstić information content (AvgIpc) is 2.02. The second kappa shape index (κ2) is 6.89. The maximum Gasteiger partial charge on any atom is -0.0234 e. The van der Waals surface area contributed by atoms with Crippen LogP contribution in [0, 0.1) is 5.92 Å². The van der Waals surface area contributed by atoms with Gasteiger partial charge in [-0.05, 0) is 36.5 Å². The molecule has 0 bridgehead atoms. The topological polar surface area (TPSA) is 0 Å². The lowest BCUT2D eigenvalue weighted by molar-refractivity contribution is 0.556. The standard InChI is InChI=1S/C11H25P/c1-6-10(5)12-11(7-2)8-9(3)4/h9-12H,6-8H2,1-5H3. The first-order chi connectivity index (χ1) is 5.60. The van der Waals surface area contributed by atoms with Gasteiger partial charge in [0.25, 0.3) is 0 Å². The van der Waals surface area contributed by atoms with Gasteiger partial charge in [-0.15, -0.1) is 8.58 Å². The van der Waals surface area contributed by atoms with Crippen LogP contribution in [0.4, 0.5) is 0 Å². The molecule has 0 fully saturated rings. The zero-order chi connectivity index (χ0) is 9.56. The molecular formula is C11H25P. The predicted octanol–water partition coefficient (Wildman–Crippen LogP) is 4.29. The van der Waals surface area contributed by atoms with Crippen LogP contribution in [0.1, 0.15) is 53.9 Å². The lowest BCUT2D eigenvalue weighted by Gasteiger charge is -2.20. The van der Waals surface area contributed by atoms with E-state index in [0.29, 0.717) is 0 Å². The van der Waals surface area contributed by atoms with Crippen molar-refractivity contribution in [3.8, 4) is 0 Å². The average molecular weight is 188 g/mol. The van der Waals surface area contributed by atoms with E-state index in [2.05, 4.69) is 34.6 Å². The number of rotatable bonds is 6. The molecule has 0 amide bonds. The summed E-state index contributed by atoms with van der Waals surface area (Å²) >= 11 is 0. The predicted molar refractivity (Wildman–Crippen MR) is 61.6 cm³/mol. The molecule has 0 aliphatic carbocycles. The lowest BCUT2D eigenvalue weighted by Crippen LogP contribution is -2.07. The Balaban J connectivity index is 3.66. The van der Waals surface area contributed by atoms with E-state index >= 15 is 0 Å². The Bertz CT molecular complexity index is 99.2. The van der Waals surface area contributed by atoms with Crippen molar-refractivity contribution in [1.29, 1.82) is 0 Å². The summed E-state index contributed by atoms with van der Waals surface area (Å²) in [4.78, 5) is 0. The maximum atomic E-state index is 2.39. The highest BCUT2D eigenvalue weighted by molar-refractivity contribution is 7.39. The SMILES string of the molecule is CCC(C)PC(CC)CC(C)C. The van der Waals surface area contributed by atoms with Crippen molar-refractivity contribution in [3.63, 3.8) is 0 Å². The Morgan fingerprint density at radius 3 is 1.92 bits per heavy atom. The fraction of sp³-hybridized carbons (Fsp3) is 1.00. The third kappa shape index (κ3) is 6.00. The van der Waals surface area contributed by atoms with Crippen LogP contribution in [0.2, 0.25) is 0 Å². The molecule has 3 atom stereocenters. The fourth-order valence-electron chi connectivity index (χ4n) is 1.44. The summed E-state index contributed by atoms with van der Waals surface area (Å²) in [6.45, 7) is 11.7. The molecule has 0 aromatic carbocycles. The molecule has 0 saturated carbocycles. The molecule has 0 heterocycles. The highest BCUT2D eigenvalue weighted by Gasteiger charge is 2.11. The molecule has 1 heteroatoms. The Morgan fingerprint density at radius 2 is 1.58 bits per heavy atom. The molecule has 12 heavy (non-hydrogen) atoms. The van der Waals surface area contributed by atoms with Crippen LogP contribution >= 0.6 is 8.58 Å². The molecule has 0 nitrogen and oxygen atoms in total. The molecule has 0 saturated heterocycles. The quantitative estimate of drug-likeness (QED) is 0.545. The van der Waals surface area contributed by atoms with E-state index in [1.54, 1.807) is 0 Å². The van der Waals surface area contributed by atoms with Gasteiger partial charge in [0.2, 0.25) is 0 Å². The van der Waals surface area contributed by atoms with Crippen molar-refractivity contribution < 1.29 is 0 Å². The molecule has 0 aliphatic rings. The first kappa shape index (κ1) is 12.4. The Hall–Kier alpha value is 0.430. The third-order valence-electron chi connectivity index (χ3n) is 2.38. The summed E-state index contributed by atoms with van der Waals surface area (Å²) < 4.78 is 0. The fourth-order valence-corrected chi connectivity index (χ4v) is 3.33. The van der Waals surface area contributed by atoms with E-state index in [1.807, 2.05) is 0 Å². The van der Waals surface area contributed by atoms with E-state index in [4.69, 9.17) is 0 Å². The van der Waals surface area contributed by atoms with Crippen LogP contribution < -0.4 is 0 Å². The minimum Gasteiger partial charge on any atom is -0.116 e. The first-order valence-electron chi connectivity index (χ1n) is 5.36. The molecular weight excluding hydrogens is 163 g/mol. The van der Waals surface area contributed by atoms with Gasteiger partial charge in [0.05, 0.1) is 0 Å². The summed E-state index contributed by atoms with van der Waals surface area (Å²) in [5.41, 5.74) is 1.95. The van der Waals surface area contributed by atoms with Gasteiger partial charge in [-0.1, -0.05) is 34.6 Å². The molecule has 0 aromatic rings. The Kier molecular flexibility index (Phi) is 7.14. The minimum absolute atomic E-state index is 0.881. The summed E-state index contributed by atoms with van der Waals surface area (Å²) in [6, 6.07) is 0. The van der Waals surface area contributed by atoms with Crippen LogP contribution in [0.25, 0.3) is 0 Å². The van der Waals surface area contributed by atoms with Gasteiger partial charge in [-0.25, -0.2) is 0 Å². The monoisotopic (exact) mass is 188 g/mol. The van der Waals surface area contributed by atoms with Crippen LogP contribution in [0.3, 0.4) is 0 Å². The van der Waals surface area contributed by atoms with Crippen molar-refractivity contribution in [2.24, 2.45) is 5.92 Å². The molecule has 0 aliphatic heterocycles. The zero-order valence-electron chi connectivity index (χ0n) is 9.35. The van der Waals surface area contributed by atoms with E-state index < -0.39 is 0 Å². The highest BCUT2D eigenvalue weighted by atomic mass is 31.1. The van der Waals surface area contributed by atoms with E-state index in [1.165, 1.54) is 27.8 Å². The molecule has 74 valence electrons. The molecule has 3 unspecified atom stereocenters. The van der Waals surface area contributed by atoms with Crippen LogP contribution in [0.5, 0.6) is 0 Å². The van der Waals surface area contributed by atoms with Gasteiger partial charge in [-0.3, -0.25) is 0 Å². The molecule has 0 radical (unpaired) electrons. The zero-order valence-corrected chi connectivity index (χ0v) is 10.4. The molecule has 0 aromatic heterocycles. The lowest BCUT2D eigenvalue weighted by atomic mass is 10.1. The van der Waals surface area contributed by atoms with Gasteiger partial charge in [0, 0.05) is 0 Å². The first-order valence-corrected chi connectivity index (χ1v) is 6.51. The highest BCUT2D eigenvalue weighted by Crippen LogP contribution is 2.33. The van der Waals surface area contributed by atoms with Gasteiger partial charge in [0.1, 0.15) is 0 Å². The van der Waals surface area contributed by atoms with Crippen molar-refractivity contribution in [2.75, 3.05) is 0 Å². The summed E-state index contributed by atoms with van der Waals surface area (Å²) in [7, 11) is 1.19.